The summed E-state index contributed by atoms with van der Waals surface area (Å²) in [5.41, 5.74) is 8.89. The molecule has 4 aromatic carbocycles. The lowest BCUT2D eigenvalue weighted by Gasteiger charge is -2.07. The molecular weight excluding hydrogens is 528 g/mol. The van der Waals surface area contributed by atoms with Crippen molar-refractivity contribution in [2.45, 2.75) is 13.5 Å². The number of benzene rings is 4. The van der Waals surface area contributed by atoms with Crippen LogP contribution < -0.4 is 15.5 Å². The Balaban J connectivity index is 1.12. The lowest BCUT2D eigenvalue weighted by Crippen LogP contribution is -2.17. The molecule has 39 heavy (non-hydrogen) atoms. The maximum Gasteiger partial charge on any atom is 0.271 e. The van der Waals surface area contributed by atoms with Crippen LogP contribution in [0.15, 0.2) is 108 Å². The minimum atomic E-state index is -0.292. The molecule has 1 amide bonds. The predicted octanol–water partition coefficient (Wildman–Crippen LogP) is 7.86. The Morgan fingerprint density at radius 1 is 1.00 bits per heavy atom. The summed E-state index contributed by atoms with van der Waals surface area (Å²) < 4.78 is 5.80. The maximum absolute atomic E-state index is 12.5. The number of hydrogen-bond donors (Lipinski definition) is 2. The Morgan fingerprint density at radius 3 is 2.51 bits per heavy atom. The van der Waals surface area contributed by atoms with Crippen molar-refractivity contribution >= 4 is 45.9 Å². The predicted molar refractivity (Wildman–Crippen MR) is 159 cm³/mol. The molecule has 0 unspecified atom stereocenters. The molecule has 8 heteroatoms. The number of carbonyl (C=O) groups is 1. The molecule has 0 aliphatic heterocycles. The molecule has 0 aliphatic carbocycles. The molecule has 6 nitrogen and oxygen atoms in total. The van der Waals surface area contributed by atoms with E-state index in [-0.39, 0.29) is 5.91 Å². The average Bonchev–Trinajstić information content (AvgIpc) is 3.42. The van der Waals surface area contributed by atoms with Gasteiger partial charge < -0.3 is 10.1 Å². The minimum absolute atomic E-state index is 0.292. The van der Waals surface area contributed by atoms with Gasteiger partial charge in [0, 0.05) is 27.2 Å². The van der Waals surface area contributed by atoms with Crippen LogP contribution in [-0.4, -0.2) is 17.1 Å². The number of anilines is 2. The normalized spacial score (nSPS) is 10.9. The molecule has 0 fully saturated rings. The molecule has 1 aromatic heterocycles. The number of thiazole rings is 1. The second kappa shape index (κ2) is 12.4. The number of aryl methyl sites for hydroxylation is 1. The standard InChI is InChI=1S/C31H25ClN4O2S/c1-21-5-13-27(14-6-21)34-31-35-29(20-39-31)24-9-11-25(12-10-24)30(37)36-33-18-22-7-15-28(16-8-22)38-19-23-3-2-4-26(32)17-23/h2-18,20H,19H2,1H3,(H,34,35)(H,36,37)/b33-18-. The highest BCUT2D eigenvalue weighted by molar-refractivity contribution is 7.14. The second-order valence-corrected chi connectivity index (χ2v) is 10.1. The monoisotopic (exact) mass is 552 g/mol. The first-order valence-corrected chi connectivity index (χ1v) is 13.5. The Hall–Kier alpha value is -4.46. The van der Waals surface area contributed by atoms with Crippen LogP contribution in [0.5, 0.6) is 5.75 Å². The molecule has 0 saturated heterocycles. The molecule has 5 rings (SSSR count). The van der Waals surface area contributed by atoms with Gasteiger partial charge in [-0.25, -0.2) is 10.4 Å². The molecule has 0 bridgehead atoms. The third-order valence-corrected chi connectivity index (χ3v) is 6.80. The minimum Gasteiger partial charge on any atom is -0.489 e. The van der Waals surface area contributed by atoms with Gasteiger partial charge in [0.2, 0.25) is 0 Å². The summed E-state index contributed by atoms with van der Waals surface area (Å²) in [6.45, 7) is 2.48. The second-order valence-electron chi connectivity index (χ2n) is 8.79. The van der Waals surface area contributed by atoms with E-state index in [1.54, 1.807) is 18.3 Å². The van der Waals surface area contributed by atoms with Crippen LogP contribution in [0, 0.1) is 6.92 Å². The number of hydrazone groups is 1. The molecule has 0 spiro atoms. The zero-order valence-corrected chi connectivity index (χ0v) is 22.7. The number of ether oxygens (including phenoxy) is 1. The van der Waals surface area contributed by atoms with Gasteiger partial charge in [0.25, 0.3) is 5.91 Å². The van der Waals surface area contributed by atoms with Crippen molar-refractivity contribution in [3.05, 3.63) is 130 Å². The highest BCUT2D eigenvalue weighted by Gasteiger charge is 2.08. The summed E-state index contributed by atoms with van der Waals surface area (Å²) >= 11 is 7.54. The van der Waals surface area contributed by atoms with Gasteiger partial charge in [-0.05, 0) is 78.7 Å². The zero-order chi connectivity index (χ0) is 27.0. The molecule has 1 heterocycles. The Bertz CT molecular complexity index is 1580. The summed E-state index contributed by atoms with van der Waals surface area (Å²) in [6.07, 6.45) is 1.59. The van der Waals surface area contributed by atoms with Gasteiger partial charge in [-0.2, -0.15) is 5.10 Å². The average molecular weight is 553 g/mol. The molecular formula is C31H25ClN4O2S. The van der Waals surface area contributed by atoms with Crippen molar-refractivity contribution in [1.29, 1.82) is 0 Å². The summed E-state index contributed by atoms with van der Waals surface area (Å²) in [6, 6.07) is 30.5. The van der Waals surface area contributed by atoms with E-state index in [9.17, 15) is 4.79 Å². The summed E-state index contributed by atoms with van der Waals surface area (Å²) in [5.74, 6) is 0.439. The van der Waals surface area contributed by atoms with E-state index < -0.39 is 0 Å². The summed E-state index contributed by atoms with van der Waals surface area (Å²) in [4.78, 5) is 17.2. The van der Waals surface area contributed by atoms with E-state index in [0.29, 0.717) is 17.2 Å². The Labute approximate surface area is 236 Å². The van der Waals surface area contributed by atoms with Crippen molar-refractivity contribution in [1.82, 2.24) is 10.4 Å². The Morgan fingerprint density at radius 2 is 1.77 bits per heavy atom. The smallest absolute Gasteiger partial charge is 0.271 e. The third-order valence-electron chi connectivity index (χ3n) is 5.80. The van der Waals surface area contributed by atoms with Crippen LogP contribution in [0.2, 0.25) is 5.02 Å². The molecule has 194 valence electrons. The highest BCUT2D eigenvalue weighted by Crippen LogP contribution is 2.27. The first kappa shape index (κ1) is 26.2. The van der Waals surface area contributed by atoms with Crippen molar-refractivity contribution in [3.63, 3.8) is 0 Å². The van der Waals surface area contributed by atoms with Crippen LogP contribution in [0.3, 0.4) is 0 Å². The van der Waals surface area contributed by atoms with E-state index in [0.717, 1.165) is 39.0 Å². The fraction of sp³-hybridized carbons (Fsp3) is 0.0645. The first-order valence-electron chi connectivity index (χ1n) is 12.2. The number of nitrogens with zero attached hydrogens (tertiary/aromatic N) is 2. The van der Waals surface area contributed by atoms with Crippen molar-refractivity contribution in [2.24, 2.45) is 5.10 Å². The lowest BCUT2D eigenvalue weighted by atomic mass is 10.1. The van der Waals surface area contributed by atoms with Crippen LogP contribution in [0.25, 0.3) is 11.3 Å². The van der Waals surface area contributed by atoms with E-state index in [2.05, 4.69) is 39.9 Å². The number of nitrogens with one attached hydrogen (secondary N) is 2. The number of amides is 1. The number of halogens is 1. The lowest BCUT2D eigenvalue weighted by molar-refractivity contribution is 0.0955. The SMILES string of the molecule is Cc1ccc(Nc2nc(-c3ccc(C(=O)N/N=C\c4ccc(OCc5cccc(Cl)c5)cc4)cc3)cs2)cc1. The van der Waals surface area contributed by atoms with E-state index >= 15 is 0 Å². The van der Waals surface area contributed by atoms with Crippen LogP contribution in [0.4, 0.5) is 10.8 Å². The van der Waals surface area contributed by atoms with E-state index in [1.165, 1.54) is 16.9 Å². The number of rotatable bonds is 9. The number of hydrogen-bond acceptors (Lipinski definition) is 6. The third kappa shape index (κ3) is 7.31. The molecule has 5 aromatic rings. The molecule has 0 aliphatic rings. The van der Waals surface area contributed by atoms with Gasteiger partial charge in [-0.15, -0.1) is 11.3 Å². The first-order chi connectivity index (χ1) is 19.0. The van der Waals surface area contributed by atoms with Gasteiger partial charge in [0.05, 0.1) is 11.9 Å². The van der Waals surface area contributed by atoms with Gasteiger partial charge in [-0.1, -0.05) is 53.6 Å². The van der Waals surface area contributed by atoms with Gasteiger partial charge in [0.15, 0.2) is 5.13 Å². The highest BCUT2D eigenvalue weighted by atomic mass is 35.5. The van der Waals surface area contributed by atoms with Crippen molar-refractivity contribution < 1.29 is 9.53 Å². The summed E-state index contributed by atoms with van der Waals surface area (Å²) in [5, 5.41) is 10.9. The number of carbonyl (C=O) groups excluding carboxylic acids is 1. The Kier molecular flexibility index (Phi) is 8.31. The molecule has 2 N–H and O–H groups in total. The maximum atomic E-state index is 12.5. The van der Waals surface area contributed by atoms with Crippen molar-refractivity contribution in [3.8, 4) is 17.0 Å². The molecule has 0 saturated carbocycles. The quantitative estimate of drug-likeness (QED) is 0.144. The van der Waals surface area contributed by atoms with Gasteiger partial charge in [-0.3, -0.25) is 4.79 Å². The van der Waals surface area contributed by atoms with Gasteiger partial charge >= 0.3 is 0 Å². The largest absolute Gasteiger partial charge is 0.489 e. The fourth-order valence-corrected chi connectivity index (χ4v) is 4.64. The van der Waals surface area contributed by atoms with Crippen LogP contribution in [0.1, 0.15) is 27.0 Å². The van der Waals surface area contributed by atoms with E-state index in [1.807, 2.05) is 78.2 Å². The van der Waals surface area contributed by atoms with Crippen molar-refractivity contribution in [2.75, 3.05) is 5.32 Å². The molecule has 0 radical (unpaired) electrons. The van der Waals surface area contributed by atoms with Crippen LogP contribution >= 0.6 is 22.9 Å². The topological polar surface area (TPSA) is 75.6 Å². The van der Waals surface area contributed by atoms with Crippen LogP contribution in [-0.2, 0) is 6.61 Å². The zero-order valence-electron chi connectivity index (χ0n) is 21.1. The fourth-order valence-electron chi connectivity index (χ4n) is 3.69. The van der Waals surface area contributed by atoms with Gasteiger partial charge in [0.1, 0.15) is 12.4 Å². The van der Waals surface area contributed by atoms with E-state index in [4.69, 9.17) is 16.3 Å². The number of aromatic nitrogens is 1. The molecule has 0 atom stereocenters. The summed E-state index contributed by atoms with van der Waals surface area (Å²) in [7, 11) is 0.